The lowest BCUT2D eigenvalue weighted by Crippen LogP contribution is -2.35. The van der Waals surface area contributed by atoms with E-state index in [1.54, 1.807) is 0 Å². The van der Waals surface area contributed by atoms with Gasteiger partial charge in [0.25, 0.3) is 0 Å². The SMILES string of the molecule is CC(=O)OC(=O)NCCC1OCC(c2ccccc2)CO1. The Morgan fingerprint density at radius 2 is 1.90 bits per heavy atom. The fourth-order valence-corrected chi connectivity index (χ4v) is 2.09. The minimum atomic E-state index is -0.750. The summed E-state index contributed by atoms with van der Waals surface area (Å²) in [4.78, 5) is 21.7. The van der Waals surface area contributed by atoms with Crippen molar-refractivity contribution in [2.45, 2.75) is 25.6 Å². The summed E-state index contributed by atoms with van der Waals surface area (Å²) in [5.74, 6) is -0.401. The van der Waals surface area contributed by atoms with Crippen LogP contribution in [0.5, 0.6) is 0 Å². The van der Waals surface area contributed by atoms with Crippen LogP contribution in [0.4, 0.5) is 4.79 Å². The van der Waals surface area contributed by atoms with Crippen molar-refractivity contribution in [3.8, 4) is 0 Å². The van der Waals surface area contributed by atoms with E-state index in [9.17, 15) is 9.59 Å². The summed E-state index contributed by atoms with van der Waals surface area (Å²) in [5.41, 5.74) is 1.19. The second kappa shape index (κ2) is 7.75. The molecule has 0 aromatic heterocycles. The molecule has 1 aliphatic heterocycles. The van der Waals surface area contributed by atoms with E-state index in [0.717, 1.165) is 0 Å². The highest BCUT2D eigenvalue weighted by Gasteiger charge is 2.23. The van der Waals surface area contributed by atoms with E-state index >= 15 is 0 Å². The second-order valence-electron chi connectivity index (χ2n) is 4.80. The minimum absolute atomic E-state index is 0.234. The van der Waals surface area contributed by atoms with Gasteiger partial charge in [0.05, 0.1) is 13.2 Å². The number of nitrogens with one attached hydrogen (secondary N) is 1. The molecule has 1 amide bonds. The predicted molar refractivity (Wildman–Crippen MR) is 74.7 cm³/mol. The second-order valence-corrected chi connectivity index (χ2v) is 4.80. The molecule has 1 N–H and O–H groups in total. The van der Waals surface area contributed by atoms with E-state index in [2.05, 4.69) is 22.2 Å². The number of hydrogen-bond acceptors (Lipinski definition) is 5. The molecule has 0 unspecified atom stereocenters. The van der Waals surface area contributed by atoms with Crippen LogP contribution in [0.3, 0.4) is 0 Å². The minimum Gasteiger partial charge on any atom is -0.377 e. The number of amides is 1. The van der Waals surface area contributed by atoms with Crippen LogP contribution in [0, 0.1) is 0 Å². The summed E-state index contributed by atoms with van der Waals surface area (Å²) in [5, 5.41) is 2.46. The van der Waals surface area contributed by atoms with Crippen molar-refractivity contribution in [3.05, 3.63) is 35.9 Å². The van der Waals surface area contributed by atoms with Crippen molar-refractivity contribution >= 4 is 12.1 Å². The van der Waals surface area contributed by atoms with Crippen molar-refractivity contribution < 1.29 is 23.8 Å². The third-order valence-electron chi connectivity index (χ3n) is 3.12. The van der Waals surface area contributed by atoms with Crippen molar-refractivity contribution in [2.75, 3.05) is 19.8 Å². The van der Waals surface area contributed by atoms with Gasteiger partial charge in [-0.3, -0.25) is 4.79 Å². The largest absolute Gasteiger partial charge is 0.414 e. The number of carbonyl (C=O) groups excluding carboxylic acids is 2. The van der Waals surface area contributed by atoms with Crippen molar-refractivity contribution in [3.63, 3.8) is 0 Å². The number of benzene rings is 1. The molecule has 6 heteroatoms. The van der Waals surface area contributed by atoms with Crippen LogP contribution < -0.4 is 5.32 Å². The third kappa shape index (κ3) is 5.17. The first-order valence-corrected chi connectivity index (χ1v) is 6.89. The summed E-state index contributed by atoms with van der Waals surface area (Å²) >= 11 is 0. The van der Waals surface area contributed by atoms with Crippen LogP contribution in [0.2, 0.25) is 0 Å². The van der Waals surface area contributed by atoms with Crippen LogP contribution in [-0.2, 0) is 19.0 Å². The molecule has 21 heavy (non-hydrogen) atoms. The van der Waals surface area contributed by atoms with Gasteiger partial charge in [-0.05, 0) is 5.56 Å². The molecule has 0 atom stereocenters. The van der Waals surface area contributed by atoms with Crippen LogP contribution in [0.1, 0.15) is 24.8 Å². The Bertz CT molecular complexity index is 468. The Morgan fingerprint density at radius 3 is 2.52 bits per heavy atom. The van der Waals surface area contributed by atoms with Gasteiger partial charge in [0, 0.05) is 25.8 Å². The van der Waals surface area contributed by atoms with Crippen molar-refractivity contribution in [1.82, 2.24) is 5.32 Å². The molecular weight excluding hydrogens is 274 g/mol. The average molecular weight is 293 g/mol. The number of ether oxygens (including phenoxy) is 3. The van der Waals surface area contributed by atoms with Gasteiger partial charge in [-0.2, -0.15) is 0 Å². The third-order valence-corrected chi connectivity index (χ3v) is 3.12. The van der Waals surface area contributed by atoms with Crippen LogP contribution in [0.15, 0.2) is 30.3 Å². The van der Waals surface area contributed by atoms with Crippen molar-refractivity contribution in [2.24, 2.45) is 0 Å². The molecule has 0 spiro atoms. The fraction of sp³-hybridized carbons (Fsp3) is 0.467. The van der Waals surface area contributed by atoms with Gasteiger partial charge in [0.15, 0.2) is 6.29 Å². The molecule has 114 valence electrons. The maximum atomic E-state index is 11.1. The summed E-state index contributed by atoms with van der Waals surface area (Å²) in [6, 6.07) is 10.1. The zero-order valence-electron chi connectivity index (χ0n) is 11.9. The molecular formula is C15H19NO5. The Morgan fingerprint density at radius 1 is 1.24 bits per heavy atom. The quantitative estimate of drug-likeness (QED) is 0.677. The lowest BCUT2D eigenvalue weighted by atomic mass is 10.0. The summed E-state index contributed by atoms with van der Waals surface area (Å²) in [6.45, 7) is 2.68. The number of rotatable bonds is 4. The first-order valence-electron chi connectivity index (χ1n) is 6.89. The van der Waals surface area contributed by atoms with Gasteiger partial charge in [-0.25, -0.2) is 4.79 Å². The summed E-state index contributed by atoms with van der Waals surface area (Å²) in [7, 11) is 0. The Hall–Kier alpha value is -1.92. The van der Waals surface area contributed by atoms with Crippen LogP contribution >= 0.6 is 0 Å². The Kier molecular flexibility index (Phi) is 5.71. The lowest BCUT2D eigenvalue weighted by Gasteiger charge is -2.29. The molecule has 6 nitrogen and oxygen atoms in total. The highest BCUT2D eigenvalue weighted by molar-refractivity contribution is 5.82. The van der Waals surface area contributed by atoms with Crippen LogP contribution in [-0.4, -0.2) is 38.1 Å². The molecule has 2 rings (SSSR count). The summed E-state index contributed by atoms with van der Waals surface area (Å²) in [6.07, 6.45) is -0.586. The zero-order valence-corrected chi connectivity index (χ0v) is 11.9. The van der Waals surface area contributed by atoms with Gasteiger partial charge >= 0.3 is 12.1 Å². The standard InChI is InChI=1S/C15H19NO5/c1-11(17)21-15(18)16-8-7-14-19-9-13(10-20-14)12-5-3-2-4-6-12/h2-6,13-14H,7-10H2,1H3,(H,16,18). The smallest absolute Gasteiger partial charge is 0.377 e. The predicted octanol–water partition coefficient (Wildman–Crippen LogP) is 1.81. The molecule has 1 aliphatic rings. The molecule has 0 aliphatic carbocycles. The topological polar surface area (TPSA) is 73.9 Å². The van der Waals surface area contributed by atoms with Gasteiger partial charge in [-0.1, -0.05) is 30.3 Å². The van der Waals surface area contributed by atoms with Gasteiger partial charge in [0.1, 0.15) is 0 Å². The van der Waals surface area contributed by atoms with Gasteiger partial charge in [0.2, 0.25) is 0 Å². The zero-order chi connectivity index (χ0) is 15.1. The first-order chi connectivity index (χ1) is 10.1. The molecule has 1 aromatic carbocycles. The monoisotopic (exact) mass is 293 g/mol. The Balaban J connectivity index is 1.65. The lowest BCUT2D eigenvalue weighted by molar-refractivity contribution is -0.188. The first kappa shape index (κ1) is 15.5. The molecule has 1 heterocycles. The average Bonchev–Trinajstić information content (AvgIpc) is 2.48. The highest BCUT2D eigenvalue weighted by Crippen LogP contribution is 2.22. The Labute approximate surface area is 123 Å². The summed E-state index contributed by atoms with van der Waals surface area (Å²) < 4.78 is 15.6. The maximum Gasteiger partial charge on any atom is 0.414 e. The number of hydrogen-bond donors (Lipinski definition) is 1. The molecule has 0 radical (unpaired) electrons. The van der Waals surface area contributed by atoms with E-state index in [1.807, 2.05) is 18.2 Å². The molecule has 0 saturated carbocycles. The molecule has 1 saturated heterocycles. The van der Waals surface area contributed by atoms with Gasteiger partial charge in [-0.15, -0.1) is 0 Å². The number of alkyl carbamates (subject to hydrolysis) is 1. The number of carbonyl (C=O) groups is 2. The van der Waals surface area contributed by atoms with Crippen LogP contribution in [0.25, 0.3) is 0 Å². The van der Waals surface area contributed by atoms with E-state index in [1.165, 1.54) is 12.5 Å². The number of esters is 1. The van der Waals surface area contributed by atoms with E-state index < -0.39 is 12.1 Å². The molecule has 0 bridgehead atoms. The normalized spacial score (nSPS) is 21.6. The van der Waals surface area contributed by atoms with E-state index in [-0.39, 0.29) is 12.2 Å². The highest BCUT2D eigenvalue weighted by atomic mass is 16.7. The molecule has 1 fully saturated rings. The maximum absolute atomic E-state index is 11.1. The van der Waals surface area contributed by atoms with E-state index in [4.69, 9.17) is 9.47 Å². The fourth-order valence-electron chi connectivity index (χ4n) is 2.09. The van der Waals surface area contributed by atoms with Crippen molar-refractivity contribution in [1.29, 1.82) is 0 Å². The van der Waals surface area contributed by atoms with E-state index in [0.29, 0.717) is 26.2 Å². The molecule has 1 aromatic rings. The van der Waals surface area contributed by atoms with Gasteiger partial charge < -0.3 is 19.5 Å².